The first-order valence-corrected chi connectivity index (χ1v) is 6.60. The Bertz CT molecular complexity index is 458. The number of amides is 1. The van der Waals surface area contributed by atoms with Crippen molar-refractivity contribution in [3.63, 3.8) is 0 Å². The van der Waals surface area contributed by atoms with Crippen molar-refractivity contribution in [1.29, 1.82) is 0 Å². The Kier molecular flexibility index (Phi) is 4.74. The van der Waals surface area contributed by atoms with Crippen molar-refractivity contribution < 1.29 is 9.90 Å². The van der Waals surface area contributed by atoms with E-state index in [-0.39, 0.29) is 24.0 Å². The highest BCUT2D eigenvalue weighted by Crippen LogP contribution is 2.22. The lowest BCUT2D eigenvalue weighted by Gasteiger charge is -2.31. The highest BCUT2D eigenvalue weighted by molar-refractivity contribution is 5.96. The Balaban J connectivity index is 2.94. The summed E-state index contributed by atoms with van der Waals surface area (Å²) in [7, 11) is 1.83. The minimum Gasteiger partial charge on any atom is -0.396 e. The van der Waals surface area contributed by atoms with E-state index in [0.29, 0.717) is 12.0 Å². The van der Waals surface area contributed by atoms with Crippen LogP contribution in [0.4, 0.5) is 0 Å². The molecule has 0 fully saturated rings. The standard InChI is InChI=1S/C14H25N3O2/c1-9-12(10(2)17(6)16-9)13(19)15-11(7-8-18)14(3,4)5/h11,18H,7-8H2,1-6H3,(H,15,19). The molecule has 0 spiro atoms. The van der Waals surface area contributed by atoms with Gasteiger partial charge in [0.2, 0.25) is 0 Å². The fourth-order valence-electron chi connectivity index (χ4n) is 2.18. The van der Waals surface area contributed by atoms with Crippen molar-refractivity contribution >= 4 is 5.91 Å². The van der Waals surface area contributed by atoms with Crippen molar-refractivity contribution in [3.05, 3.63) is 17.0 Å². The van der Waals surface area contributed by atoms with Gasteiger partial charge >= 0.3 is 0 Å². The van der Waals surface area contributed by atoms with Gasteiger partial charge in [-0.15, -0.1) is 0 Å². The average molecular weight is 267 g/mol. The van der Waals surface area contributed by atoms with Crippen LogP contribution in [0, 0.1) is 19.3 Å². The SMILES string of the molecule is Cc1nn(C)c(C)c1C(=O)NC(CCO)C(C)(C)C. The Morgan fingerprint density at radius 2 is 2.00 bits per heavy atom. The summed E-state index contributed by atoms with van der Waals surface area (Å²) in [4.78, 5) is 12.4. The minimum atomic E-state index is -0.114. The second-order valence-electron chi connectivity index (χ2n) is 6.07. The number of aliphatic hydroxyl groups excluding tert-OH is 1. The molecule has 0 aromatic carbocycles. The molecule has 0 radical (unpaired) electrons. The van der Waals surface area contributed by atoms with Crippen LogP contribution in [-0.2, 0) is 7.05 Å². The van der Waals surface area contributed by atoms with E-state index in [2.05, 4.69) is 31.2 Å². The third kappa shape index (κ3) is 3.56. The zero-order chi connectivity index (χ0) is 14.8. The molecular weight excluding hydrogens is 242 g/mol. The van der Waals surface area contributed by atoms with Crippen LogP contribution in [0.1, 0.15) is 48.9 Å². The Labute approximate surface area is 115 Å². The number of nitrogens with zero attached hydrogens (tertiary/aromatic N) is 2. The Morgan fingerprint density at radius 1 is 1.42 bits per heavy atom. The second-order valence-corrected chi connectivity index (χ2v) is 6.07. The highest BCUT2D eigenvalue weighted by atomic mass is 16.3. The maximum atomic E-state index is 12.4. The quantitative estimate of drug-likeness (QED) is 0.870. The number of carbonyl (C=O) groups excluding carboxylic acids is 1. The minimum absolute atomic E-state index is 0.0627. The summed E-state index contributed by atoms with van der Waals surface area (Å²) >= 11 is 0. The molecule has 5 heteroatoms. The van der Waals surface area contributed by atoms with Crippen molar-refractivity contribution in [3.8, 4) is 0 Å². The molecule has 1 aromatic heterocycles. The van der Waals surface area contributed by atoms with Crippen LogP contribution in [0.3, 0.4) is 0 Å². The Morgan fingerprint density at radius 3 is 2.37 bits per heavy atom. The first-order valence-electron chi connectivity index (χ1n) is 6.60. The van der Waals surface area contributed by atoms with Crippen molar-refractivity contribution in [2.75, 3.05) is 6.61 Å². The van der Waals surface area contributed by atoms with Crippen LogP contribution in [0.5, 0.6) is 0 Å². The zero-order valence-corrected chi connectivity index (χ0v) is 12.7. The average Bonchev–Trinajstić information content (AvgIpc) is 2.51. The Hall–Kier alpha value is -1.36. The third-order valence-electron chi connectivity index (χ3n) is 3.50. The van der Waals surface area contributed by atoms with Gasteiger partial charge in [-0.1, -0.05) is 20.8 Å². The van der Waals surface area contributed by atoms with Crippen molar-refractivity contribution in [2.24, 2.45) is 12.5 Å². The van der Waals surface area contributed by atoms with Gasteiger partial charge in [-0.3, -0.25) is 9.48 Å². The molecular formula is C14H25N3O2. The summed E-state index contributed by atoms with van der Waals surface area (Å²) in [6.07, 6.45) is 0.549. The van der Waals surface area contributed by atoms with E-state index in [4.69, 9.17) is 5.11 Å². The molecule has 0 saturated carbocycles. The first-order chi connectivity index (χ1) is 8.68. The summed E-state index contributed by atoms with van der Waals surface area (Å²) in [5.41, 5.74) is 2.12. The van der Waals surface area contributed by atoms with Gasteiger partial charge in [-0.2, -0.15) is 5.10 Å². The molecule has 0 aliphatic rings. The lowest BCUT2D eigenvalue weighted by Crippen LogP contribution is -2.44. The van der Waals surface area contributed by atoms with Crippen molar-refractivity contribution in [2.45, 2.75) is 47.1 Å². The molecule has 19 heavy (non-hydrogen) atoms. The number of aromatic nitrogens is 2. The highest BCUT2D eigenvalue weighted by Gasteiger charge is 2.27. The maximum absolute atomic E-state index is 12.4. The van der Waals surface area contributed by atoms with Crippen molar-refractivity contribution in [1.82, 2.24) is 15.1 Å². The predicted molar refractivity (Wildman–Crippen MR) is 75.1 cm³/mol. The fraction of sp³-hybridized carbons (Fsp3) is 0.714. The van der Waals surface area contributed by atoms with Gasteiger partial charge in [0.05, 0.1) is 11.3 Å². The van der Waals surface area contributed by atoms with Crippen LogP contribution in [-0.4, -0.2) is 33.4 Å². The van der Waals surface area contributed by atoms with Gasteiger partial charge in [0.25, 0.3) is 5.91 Å². The fourth-order valence-corrected chi connectivity index (χ4v) is 2.18. The number of carbonyl (C=O) groups is 1. The van der Waals surface area contributed by atoms with E-state index in [1.54, 1.807) is 4.68 Å². The lowest BCUT2D eigenvalue weighted by atomic mass is 9.84. The third-order valence-corrected chi connectivity index (χ3v) is 3.50. The van der Waals surface area contributed by atoms with Gasteiger partial charge in [0.1, 0.15) is 0 Å². The van der Waals surface area contributed by atoms with E-state index in [9.17, 15) is 4.79 Å². The van der Waals surface area contributed by atoms with E-state index in [1.165, 1.54) is 0 Å². The maximum Gasteiger partial charge on any atom is 0.255 e. The molecule has 0 aliphatic heterocycles. The molecule has 1 atom stereocenters. The zero-order valence-electron chi connectivity index (χ0n) is 12.7. The van der Waals surface area contributed by atoms with Gasteiger partial charge in [-0.25, -0.2) is 0 Å². The van der Waals surface area contributed by atoms with Gasteiger partial charge in [0, 0.05) is 25.4 Å². The molecule has 1 heterocycles. The largest absolute Gasteiger partial charge is 0.396 e. The second kappa shape index (κ2) is 5.74. The van der Waals surface area contributed by atoms with Gasteiger partial charge in [0.15, 0.2) is 0 Å². The molecule has 0 bridgehead atoms. The van der Waals surface area contributed by atoms with Crippen LogP contribution >= 0.6 is 0 Å². The number of aryl methyl sites for hydroxylation is 2. The predicted octanol–water partition coefficient (Wildman–Crippen LogP) is 1.56. The summed E-state index contributed by atoms with van der Waals surface area (Å²) in [6.45, 7) is 9.93. The van der Waals surface area contributed by atoms with E-state index < -0.39 is 0 Å². The van der Waals surface area contributed by atoms with Crippen LogP contribution in [0.25, 0.3) is 0 Å². The van der Waals surface area contributed by atoms with Gasteiger partial charge < -0.3 is 10.4 Å². The molecule has 0 saturated heterocycles. The smallest absolute Gasteiger partial charge is 0.255 e. The molecule has 5 nitrogen and oxygen atoms in total. The van der Waals surface area contributed by atoms with Crippen LogP contribution in [0.2, 0.25) is 0 Å². The molecule has 1 aromatic rings. The number of hydrogen-bond donors (Lipinski definition) is 2. The summed E-state index contributed by atoms with van der Waals surface area (Å²) in [5.74, 6) is -0.114. The molecule has 108 valence electrons. The van der Waals surface area contributed by atoms with Crippen LogP contribution < -0.4 is 5.32 Å². The molecule has 0 aliphatic carbocycles. The monoisotopic (exact) mass is 267 g/mol. The summed E-state index contributed by atoms with van der Waals surface area (Å²) in [5, 5.41) is 16.4. The topological polar surface area (TPSA) is 67.2 Å². The van der Waals surface area contributed by atoms with E-state index in [0.717, 1.165) is 11.4 Å². The molecule has 1 rings (SSSR count). The number of hydrogen-bond acceptors (Lipinski definition) is 3. The van der Waals surface area contributed by atoms with Crippen LogP contribution in [0.15, 0.2) is 0 Å². The lowest BCUT2D eigenvalue weighted by molar-refractivity contribution is 0.0884. The number of nitrogens with one attached hydrogen (secondary N) is 1. The molecule has 1 unspecified atom stereocenters. The molecule has 2 N–H and O–H groups in total. The first kappa shape index (κ1) is 15.7. The number of rotatable bonds is 4. The van der Waals surface area contributed by atoms with Gasteiger partial charge in [-0.05, 0) is 25.7 Å². The number of aliphatic hydroxyl groups is 1. The summed E-state index contributed by atoms with van der Waals surface area (Å²) in [6, 6.07) is -0.0657. The van der Waals surface area contributed by atoms with E-state index in [1.807, 2.05) is 20.9 Å². The normalized spacial score (nSPS) is 13.4. The molecule has 1 amide bonds. The summed E-state index contributed by atoms with van der Waals surface area (Å²) < 4.78 is 1.71. The van der Waals surface area contributed by atoms with E-state index >= 15 is 0 Å².